The first-order chi connectivity index (χ1) is 9.11. The van der Waals surface area contributed by atoms with Crippen LogP contribution in [0.15, 0.2) is 24.4 Å². The van der Waals surface area contributed by atoms with Gasteiger partial charge in [-0.3, -0.25) is 0 Å². The molecule has 0 spiro atoms. The Morgan fingerprint density at radius 1 is 1.16 bits per heavy atom. The van der Waals surface area contributed by atoms with Gasteiger partial charge in [-0.2, -0.15) is 5.26 Å². The molecule has 96 valence electrons. The predicted octanol–water partition coefficient (Wildman–Crippen LogP) is 3.53. The second-order valence-electron chi connectivity index (χ2n) is 4.79. The summed E-state index contributed by atoms with van der Waals surface area (Å²) in [4.78, 5) is 8.79. The quantitative estimate of drug-likeness (QED) is 0.838. The molecular formula is C16H17N3. The van der Waals surface area contributed by atoms with Crippen molar-refractivity contribution in [3.63, 3.8) is 0 Å². The van der Waals surface area contributed by atoms with E-state index in [0.29, 0.717) is 12.8 Å². The van der Waals surface area contributed by atoms with E-state index in [1.165, 1.54) is 22.3 Å². The lowest BCUT2D eigenvalue weighted by molar-refractivity contribution is 0.886. The summed E-state index contributed by atoms with van der Waals surface area (Å²) in [6.45, 7) is 6.31. The van der Waals surface area contributed by atoms with E-state index in [-0.39, 0.29) is 0 Å². The number of nitrogens with zero attached hydrogens (tertiary/aromatic N) is 3. The monoisotopic (exact) mass is 251 g/mol. The first-order valence-corrected chi connectivity index (χ1v) is 6.39. The van der Waals surface area contributed by atoms with Gasteiger partial charge in [-0.1, -0.05) is 17.7 Å². The van der Waals surface area contributed by atoms with Crippen LogP contribution >= 0.6 is 0 Å². The summed E-state index contributed by atoms with van der Waals surface area (Å²) >= 11 is 0. The van der Waals surface area contributed by atoms with E-state index in [1.807, 2.05) is 6.07 Å². The molecule has 2 aromatic rings. The summed E-state index contributed by atoms with van der Waals surface area (Å²) in [7, 11) is 0. The van der Waals surface area contributed by atoms with Gasteiger partial charge in [0.05, 0.1) is 11.8 Å². The lowest BCUT2D eigenvalue weighted by Crippen LogP contribution is -1.98. The zero-order valence-corrected chi connectivity index (χ0v) is 11.6. The van der Waals surface area contributed by atoms with Crippen LogP contribution in [0.25, 0.3) is 11.3 Å². The van der Waals surface area contributed by atoms with Crippen molar-refractivity contribution in [1.29, 1.82) is 5.26 Å². The van der Waals surface area contributed by atoms with E-state index >= 15 is 0 Å². The fraction of sp³-hybridized carbons (Fsp3) is 0.312. The molecule has 0 aliphatic carbocycles. The van der Waals surface area contributed by atoms with Gasteiger partial charge in [-0.15, -0.1) is 0 Å². The molecule has 1 aromatic heterocycles. The van der Waals surface area contributed by atoms with E-state index in [1.54, 1.807) is 6.20 Å². The van der Waals surface area contributed by atoms with Crippen molar-refractivity contribution in [3.05, 3.63) is 46.9 Å². The van der Waals surface area contributed by atoms with Crippen molar-refractivity contribution in [2.75, 3.05) is 0 Å². The van der Waals surface area contributed by atoms with Crippen LogP contribution in [-0.2, 0) is 6.42 Å². The molecule has 0 bridgehead atoms. The molecule has 0 fully saturated rings. The van der Waals surface area contributed by atoms with Crippen LogP contribution in [0.3, 0.4) is 0 Å². The molecule has 0 saturated carbocycles. The molecule has 19 heavy (non-hydrogen) atoms. The fourth-order valence-corrected chi connectivity index (χ4v) is 2.41. The summed E-state index contributed by atoms with van der Waals surface area (Å²) in [5.41, 5.74) is 5.83. The summed E-state index contributed by atoms with van der Waals surface area (Å²) in [5.74, 6) is 0.735. The van der Waals surface area contributed by atoms with Crippen molar-refractivity contribution in [1.82, 2.24) is 9.97 Å². The van der Waals surface area contributed by atoms with Gasteiger partial charge in [0.1, 0.15) is 5.82 Å². The molecule has 2 rings (SSSR count). The second kappa shape index (κ2) is 5.62. The minimum atomic E-state index is 0.454. The molecule has 0 aliphatic rings. The standard InChI is InChI=1S/C16H17N3/c1-11-9-12(2)16(13(3)10-11)14-6-8-18-15(19-14)5-4-7-17/h6,8-10H,4-5H2,1-3H3. The van der Waals surface area contributed by atoms with E-state index in [4.69, 9.17) is 5.26 Å². The lowest BCUT2D eigenvalue weighted by atomic mass is 9.97. The van der Waals surface area contributed by atoms with Crippen LogP contribution in [0.4, 0.5) is 0 Å². The molecule has 0 atom stereocenters. The van der Waals surface area contributed by atoms with Gasteiger partial charge < -0.3 is 0 Å². The third-order valence-electron chi connectivity index (χ3n) is 3.10. The molecule has 0 radical (unpaired) electrons. The maximum atomic E-state index is 8.63. The number of benzene rings is 1. The van der Waals surface area contributed by atoms with Gasteiger partial charge in [0.15, 0.2) is 0 Å². The van der Waals surface area contributed by atoms with Gasteiger partial charge in [0.2, 0.25) is 0 Å². The zero-order valence-electron chi connectivity index (χ0n) is 11.6. The molecule has 0 saturated heterocycles. The van der Waals surface area contributed by atoms with Crippen molar-refractivity contribution in [3.8, 4) is 17.3 Å². The smallest absolute Gasteiger partial charge is 0.129 e. The van der Waals surface area contributed by atoms with E-state index in [2.05, 4.69) is 48.9 Å². The molecule has 0 amide bonds. The number of aryl methyl sites for hydroxylation is 4. The number of aromatic nitrogens is 2. The van der Waals surface area contributed by atoms with Crippen LogP contribution in [-0.4, -0.2) is 9.97 Å². The Morgan fingerprint density at radius 2 is 1.84 bits per heavy atom. The topological polar surface area (TPSA) is 49.6 Å². The SMILES string of the molecule is Cc1cc(C)c(-c2ccnc(CCC#N)n2)c(C)c1. The van der Waals surface area contributed by atoms with Crippen molar-refractivity contribution < 1.29 is 0 Å². The summed E-state index contributed by atoms with van der Waals surface area (Å²) in [5, 5.41) is 8.63. The largest absolute Gasteiger partial charge is 0.241 e. The summed E-state index contributed by atoms with van der Waals surface area (Å²) in [6, 6.07) is 8.39. The average molecular weight is 251 g/mol. The van der Waals surface area contributed by atoms with E-state index < -0.39 is 0 Å². The minimum absolute atomic E-state index is 0.454. The van der Waals surface area contributed by atoms with Crippen LogP contribution in [0.2, 0.25) is 0 Å². The van der Waals surface area contributed by atoms with Crippen LogP contribution in [0, 0.1) is 32.1 Å². The fourth-order valence-electron chi connectivity index (χ4n) is 2.41. The third kappa shape index (κ3) is 2.97. The molecular weight excluding hydrogens is 234 g/mol. The molecule has 3 heteroatoms. The van der Waals surface area contributed by atoms with Crippen molar-refractivity contribution in [2.45, 2.75) is 33.6 Å². The highest BCUT2D eigenvalue weighted by atomic mass is 14.9. The molecule has 3 nitrogen and oxygen atoms in total. The predicted molar refractivity (Wildman–Crippen MR) is 75.6 cm³/mol. The molecule has 0 unspecified atom stereocenters. The van der Waals surface area contributed by atoms with Crippen molar-refractivity contribution in [2.24, 2.45) is 0 Å². The Bertz CT molecular complexity index is 616. The Kier molecular flexibility index (Phi) is 3.91. The van der Waals surface area contributed by atoms with Gasteiger partial charge >= 0.3 is 0 Å². The van der Waals surface area contributed by atoms with Gasteiger partial charge in [0.25, 0.3) is 0 Å². The number of nitriles is 1. The number of hydrogen-bond donors (Lipinski definition) is 0. The first-order valence-electron chi connectivity index (χ1n) is 6.39. The van der Waals surface area contributed by atoms with Gasteiger partial charge in [-0.05, 0) is 38.0 Å². The first kappa shape index (κ1) is 13.2. The van der Waals surface area contributed by atoms with Gasteiger partial charge in [0, 0.05) is 24.6 Å². The normalized spacial score (nSPS) is 10.2. The Labute approximate surface area is 114 Å². The van der Waals surface area contributed by atoms with Crippen LogP contribution in [0.1, 0.15) is 28.9 Å². The minimum Gasteiger partial charge on any atom is -0.241 e. The average Bonchev–Trinajstić information content (AvgIpc) is 2.35. The zero-order chi connectivity index (χ0) is 13.8. The molecule has 1 heterocycles. The van der Waals surface area contributed by atoms with Crippen LogP contribution in [0.5, 0.6) is 0 Å². The molecule has 0 N–H and O–H groups in total. The number of hydrogen-bond acceptors (Lipinski definition) is 3. The van der Waals surface area contributed by atoms with Crippen molar-refractivity contribution >= 4 is 0 Å². The maximum absolute atomic E-state index is 8.63. The van der Waals surface area contributed by atoms with Gasteiger partial charge in [-0.25, -0.2) is 9.97 Å². The highest BCUT2D eigenvalue weighted by molar-refractivity contribution is 5.67. The highest BCUT2D eigenvalue weighted by Crippen LogP contribution is 2.26. The maximum Gasteiger partial charge on any atom is 0.129 e. The third-order valence-corrected chi connectivity index (χ3v) is 3.10. The Balaban J connectivity index is 2.45. The highest BCUT2D eigenvalue weighted by Gasteiger charge is 2.09. The number of rotatable bonds is 3. The summed E-state index contributed by atoms with van der Waals surface area (Å²) in [6.07, 6.45) is 2.83. The molecule has 1 aromatic carbocycles. The Hall–Kier alpha value is -2.21. The van der Waals surface area contributed by atoms with E-state index in [0.717, 1.165) is 11.5 Å². The molecule has 0 aliphatic heterocycles. The van der Waals surface area contributed by atoms with Crippen LogP contribution < -0.4 is 0 Å². The lowest BCUT2D eigenvalue weighted by Gasteiger charge is -2.11. The summed E-state index contributed by atoms with van der Waals surface area (Å²) < 4.78 is 0. The second-order valence-corrected chi connectivity index (χ2v) is 4.79. The Morgan fingerprint density at radius 3 is 2.47 bits per heavy atom. The van der Waals surface area contributed by atoms with E-state index in [9.17, 15) is 0 Å².